The molecule has 2 aliphatic rings. The molecule has 24 heavy (non-hydrogen) atoms. The molecule has 0 saturated heterocycles. The third kappa shape index (κ3) is 7.44. The SMILES string of the molecule is CCCCCCCCCCCCOC1CCCC2CC(O)CCC21. The summed E-state index contributed by atoms with van der Waals surface area (Å²) in [5.74, 6) is 1.48. The summed E-state index contributed by atoms with van der Waals surface area (Å²) in [5, 5.41) is 9.87. The first-order chi connectivity index (χ1) is 11.8. The fraction of sp³-hybridized carbons (Fsp3) is 1.00. The van der Waals surface area contributed by atoms with Crippen LogP contribution in [0.15, 0.2) is 0 Å². The summed E-state index contributed by atoms with van der Waals surface area (Å²) >= 11 is 0. The molecular weight excluding hydrogens is 296 g/mol. The van der Waals surface area contributed by atoms with Crippen molar-refractivity contribution in [2.24, 2.45) is 11.8 Å². The van der Waals surface area contributed by atoms with Crippen molar-refractivity contribution in [3.63, 3.8) is 0 Å². The van der Waals surface area contributed by atoms with Gasteiger partial charge in [-0.05, 0) is 50.4 Å². The highest BCUT2D eigenvalue weighted by molar-refractivity contribution is 4.88. The van der Waals surface area contributed by atoms with Gasteiger partial charge in [0.2, 0.25) is 0 Å². The van der Waals surface area contributed by atoms with Crippen molar-refractivity contribution in [2.75, 3.05) is 6.61 Å². The molecule has 2 nitrogen and oxygen atoms in total. The number of hydrogen-bond donors (Lipinski definition) is 1. The van der Waals surface area contributed by atoms with E-state index in [9.17, 15) is 5.11 Å². The average Bonchev–Trinajstić information content (AvgIpc) is 2.59. The van der Waals surface area contributed by atoms with Gasteiger partial charge in [-0.15, -0.1) is 0 Å². The molecule has 0 aromatic heterocycles. The van der Waals surface area contributed by atoms with Gasteiger partial charge in [0.25, 0.3) is 0 Å². The number of hydrogen-bond acceptors (Lipinski definition) is 2. The highest BCUT2D eigenvalue weighted by Crippen LogP contribution is 2.41. The molecule has 0 amide bonds. The van der Waals surface area contributed by atoms with E-state index in [1.165, 1.54) is 89.9 Å². The van der Waals surface area contributed by atoms with Crippen molar-refractivity contribution in [2.45, 2.75) is 122 Å². The number of ether oxygens (including phenoxy) is 1. The number of unbranched alkanes of at least 4 members (excludes halogenated alkanes) is 9. The van der Waals surface area contributed by atoms with Crippen LogP contribution in [0.2, 0.25) is 0 Å². The van der Waals surface area contributed by atoms with E-state index in [2.05, 4.69) is 6.92 Å². The molecule has 2 aliphatic carbocycles. The predicted molar refractivity (Wildman–Crippen MR) is 102 cm³/mol. The van der Waals surface area contributed by atoms with E-state index >= 15 is 0 Å². The number of aliphatic hydroxyl groups is 1. The summed E-state index contributed by atoms with van der Waals surface area (Å²) in [6.45, 7) is 3.25. The molecule has 0 aliphatic heterocycles. The van der Waals surface area contributed by atoms with Crippen LogP contribution in [0, 0.1) is 11.8 Å². The van der Waals surface area contributed by atoms with E-state index in [0.717, 1.165) is 31.3 Å². The van der Waals surface area contributed by atoms with E-state index in [1.54, 1.807) is 0 Å². The lowest BCUT2D eigenvalue weighted by Crippen LogP contribution is -2.40. The Kier molecular flexibility index (Phi) is 10.4. The first-order valence-corrected chi connectivity index (χ1v) is 11.1. The summed E-state index contributed by atoms with van der Waals surface area (Å²) in [6.07, 6.45) is 21.5. The van der Waals surface area contributed by atoms with Gasteiger partial charge in [-0.1, -0.05) is 71.1 Å². The second-order valence-electron chi connectivity index (χ2n) is 8.41. The van der Waals surface area contributed by atoms with Crippen LogP contribution in [0.4, 0.5) is 0 Å². The molecule has 0 bridgehead atoms. The quantitative estimate of drug-likeness (QED) is 0.426. The van der Waals surface area contributed by atoms with Crippen molar-refractivity contribution in [1.82, 2.24) is 0 Å². The van der Waals surface area contributed by atoms with Gasteiger partial charge in [0.15, 0.2) is 0 Å². The largest absolute Gasteiger partial charge is 0.393 e. The molecule has 142 valence electrons. The fourth-order valence-corrected chi connectivity index (χ4v) is 4.91. The average molecular weight is 339 g/mol. The van der Waals surface area contributed by atoms with Crippen LogP contribution >= 0.6 is 0 Å². The van der Waals surface area contributed by atoms with E-state index in [0.29, 0.717) is 6.10 Å². The summed E-state index contributed by atoms with van der Waals surface area (Å²) in [4.78, 5) is 0. The van der Waals surface area contributed by atoms with Gasteiger partial charge in [-0.3, -0.25) is 0 Å². The second kappa shape index (κ2) is 12.3. The maximum absolute atomic E-state index is 9.87. The molecule has 2 fully saturated rings. The highest BCUT2D eigenvalue weighted by atomic mass is 16.5. The van der Waals surface area contributed by atoms with Crippen molar-refractivity contribution in [3.8, 4) is 0 Å². The minimum absolute atomic E-state index is 0.0352. The highest BCUT2D eigenvalue weighted by Gasteiger charge is 2.37. The van der Waals surface area contributed by atoms with Gasteiger partial charge in [0, 0.05) is 6.61 Å². The first kappa shape index (κ1) is 20.2. The Morgan fingerprint density at radius 1 is 0.792 bits per heavy atom. The molecule has 1 N–H and O–H groups in total. The Morgan fingerprint density at radius 2 is 1.46 bits per heavy atom. The van der Waals surface area contributed by atoms with Gasteiger partial charge < -0.3 is 9.84 Å². The maximum Gasteiger partial charge on any atom is 0.0605 e. The Morgan fingerprint density at radius 3 is 2.17 bits per heavy atom. The summed E-state index contributed by atoms with van der Waals surface area (Å²) in [6, 6.07) is 0. The van der Waals surface area contributed by atoms with Crippen molar-refractivity contribution in [3.05, 3.63) is 0 Å². The minimum Gasteiger partial charge on any atom is -0.393 e. The lowest BCUT2D eigenvalue weighted by Gasteiger charge is -2.42. The Hall–Kier alpha value is -0.0800. The van der Waals surface area contributed by atoms with Crippen LogP contribution in [0.25, 0.3) is 0 Å². The van der Waals surface area contributed by atoms with E-state index < -0.39 is 0 Å². The normalized spacial score (nSPS) is 30.2. The molecule has 4 atom stereocenters. The molecule has 2 heteroatoms. The van der Waals surface area contributed by atoms with E-state index in [4.69, 9.17) is 4.74 Å². The van der Waals surface area contributed by atoms with Gasteiger partial charge in [-0.25, -0.2) is 0 Å². The third-order valence-corrected chi connectivity index (χ3v) is 6.38. The van der Waals surface area contributed by atoms with Crippen LogP contribution in [0.1, 0.15) is 110 Å². The summed E-state index contributed by atoms with van der Waals surface area (Å²) in [5.41, 5.74) is 0. The van der Waals surface area contributed by atoms with Crippen LogP contribution in [-0.2, 0) is 4.74 Å². The second-order valence-corrected chi connectivity index (χ2v) is 8.41. The molecule has 2 rings (SSSR count). The zero-order chi connectivity index (χ0) is 17.0. The molecule has 0 aromatic carbocycles. The molecule has 4 unspecified atom stereocenters. The van der Waals surface area contributed by atoms with E-state index in [-0.39, 0.29) is 6.10 Å². The monoisotopic (exact) mass is 338 g/mol. The van der Waals surface area contributed by atoms with Gasteiger partial charge >= 0.3 is 0 Å². The lowest BCUT2D eigenvalue weighted by atomic mass is 9.68. The topological polar surface area (TPSA) is 29.5 Å². The van der Waals surface area contributed by atoms with Crippen LogP contribution in [0.5, 0.6) is 0 Å². The van der Waals surface area contributed by atoms with Gasteiger partial charge in [0.05, 0.1) is 12.2 Å². The molecular formula is C22H42O2. The third-order valence-electron chi connectivity index (χ3n) is 6.38. The lowest BCUT2D eigenvalue weighted by molar-refractivity contribution is -0.0665. The summed E-state index contributed by atoms with van der Waals surface area (Å²) in [7, 11) is 0. The smallest absolute Gasteiger partial charge is 0.0605 e. The maximum atomic E-state index is 9.87. The molecule has 2 saturated carbocycles. The zero-order valence-electron chi connectivity index (χ0n) is 16.2. The predicted octanol–water partition coefficient (Wildman–Crippen LogP) is 6.25. The Balaban J connectivity index is 1.44. The van der Waals surface area contributed by atoms with Crippen molar-refractivity contribution in [1.29, 1.82) is 0 Å². The van der Waals surface area contributed by atoms with Gasteiger partial charge in [0.1, 0.15) is 0 Å². The fourth-order valence-electron chi connectivity index (χ4n) is 4.91. The standard InChI is InChI=1S/C22H42O2/c1-2-3-4-5-6-7-8-9-10-11-17-24-22-14-12-13-19-18-20(23)15-16-21(19)22/h19-23H,2-18H2,1H3. The number of aliphatic hydroxyl groups excluding tert-OH is 1. The molecule has 0 aromatic rings. The van der Waals surface area contributed by atoms with Gasteiger partial charge in [-0.2, -0.15) is 0 Å². The Bertz CT molecular complexity index is 304. The minimum atomic E-state index is -0.0352. The van der Waals surface area contributed by atoms with E-state index in [1.807, 2.05) is 0 Å². The Labute approximate surface area is 150 Å². The molecule has 0 spiro atoms. The molecule has 0 radical (unpaired) electrons. The number of fused-ring (bicyclic) bond motifs is 1. The zero-order valence-corrected chi connectivity index (χ0v) is 16.2. The summed E-state index contributed by atoms with van der Waals surface area (Å²) < 4.78 is 6.28. The molecule has 0 heterocycles. The van der Waals surface area contributed by atoms with Crippen molar-refractivity contribution >= 4 is 0 Å². The van der Waals surface area contributed by atoms with Crippen LogP contribution < -0.4 is 0 Å². The first-order valence-electron chi connectivity index (χ1n) is 11.1. The van der Waals surface area contributed by atoms with Crippen molar-refractivity contribution < 1.29 is 9.84 Å². The van der Waals surface area contributed by atoms with Crippen LogP contribution in [-0.4, -0.2) is 23.9 Å². The van der Waals surface area contributed by atoms with Crippen LogP contribution in [0.3, 0.4) is 0 Å². The number of rotatable bonds is 12.